The molecule has 4 aliphatic heterocycles. The standard InChI is InChI=1S/C47H71ClFN5O7SSi/c1-33(29-62(50,56)51-63(7,8)45(2,3)4)11-16-42(49)47(58-6,31-52-19-20-53-21-23-59-28-38(53)27-52)43-36(17-22-60-43)26-54-30-46(18-9-10-34-24-37(48)13-14-39(34)46)32-61-41-15-12-35(25-40(41)54)44(55)57-5/h12-16,24-25,33,36,38,43H,9-11,17-23,26-32H2,1-8H3,(H2,50,51,56)/b42-16-/t33-,36-,38-,43+,46-,47?,62?/m0/s1. The van der Waals surface area contributed by atoms with E-state index in [0.29, 0.717) is 68.8 Å². The highest BCUT2D eigenvalue weighted by Gasteiger charge is 2.53. The largest absolute Gasteiger partial charge is 0.490 e. The van der Waals surface area contributed by atoms with Crippen molar-refractivity contribution >= 4 is 41.4 Å². The molecule has 7 atom stereocenters. The van der Waals surface area contributed by atoms with Crippen molar-refractivity contribution in [1.82, 2.24) is 14.2 Å². The minimum Gasteiger partial charge on any atom is -0.490 e. The summed E-state index contributed by atoms with van der Waals surface area (Å²) in [4.78, 5) is 20.1. The van der Waals surface area contributed by atoms with Crippen LogP contribution >= 0.6 is 11.6 Å². The average Bonchev–Trinajstić information content (AvgIpc) is 3.64. The summed E-state index contributed by atoms with van der Waals surface area (Å²) >= 11 is 6.54. The number of allylic oxidation sites excluding steroid dienone is 1. The number of aryl methyl sites for hydroxylation is 1. The van der Waals surface area contributed by atoms with Gasteiger partial charge in [0.05, 0.1) is 54.2 Å². The fraction of sp³-hybridized carbons (Fsp3) is 0.681. The fourth-order valence-corrected chi connectivity index (χ4v) is 16.4. The number of benzene rings is 2. The lowest BCUT2D eigenvalue weighted by Gasteiger charge is -2.48. The third-order valence-corrected chi connectivity index (χ3v) is 23.2. The molecular formula is C47H71ClFN5O7SSi. The van der Waals surface area contributed by atoms with Crippen molar-refractivity contribution in [3.05, 3.63) is 70.0 Å². The van der Waals surface area contributed by atoms with Gasteiger partial charge in [0.2, 0.25) is 0 Å². The van der Waals surface area contributed by atoms with Crippen molar-refractivity contribution in [2.45, 2.75) is 101 Å². The number of carbonyl (C=O) groups is 1. The third kappa shape index (κ3) is 10.5. The monoisotopic (exact) mass is 931 g/mol. The number of carbonyl (C=O) groups excluding carboxylic acids is 1. The van der Waals surface area contributed by atoms with Crippen molar-refractivity contribution in [2.75, 3.05) is 97.1 Å². The number of ether oxygens (including phenoxy) is 5. The number of nitrogens with zero attached hydrogens (tertiary/aromatic N) is 3. The first kappa shape index (κ1) is 48.3. The van der Waals surface area contributed by atoms with Crippen molar-refractivity contribution in [3.63, 3.8) is 0 Å². The van der Waals surface area contributed by atoms with Crippen LogP contribution < -0.4 is 14.0 Å². The van der Waals surface area contributed by atoms with Gasteiger partial charge in [-0.3, -0.25) is 14.2 Å². The van der Waals surface area contributed by atoms with Crippen LogP contribution in [0.4, 0.5) is 10.1 Å². The molecule has 0 aromatic heterocycles. The first-order valence-corrected chi connectivity index (χ1v) is 27.9. The predicted octanol–water partition coefficient (Wildman–Crippen LogP) is 7.84. The minimum atomic E-state index is -3.13. The maximum Gasteiger partial charge on any atom is 0.337 e. The van der Waals surface area contributed by atoms with Crippen LogP contribution in [0, 0.1) is 16.6 Å². The molecule has 0 bridgehead atoms. The number of hydrogen-bond acceptors (Lipinski definition) is 11. The van der Waals surface area contributed by atoms with Gasteiger partial charge in [0.15, 0.2) is 5.60 Å². The van der Waals surface area contributed by atoms with Gasteiger partial charge in [0.25, 0.3) is 0 Å². The molecular weight excluding hydrogens is 861 g/mol. The highest BCUT2D eigenvalue weighted by Crippen LogP contribution is 2.47. The Hall–Kier alpha value is -2.60. The number of piperazine rings is 1. The summed E-state index contributed by atoms with van der Waals surface area (Å²) < 4.78 is 74.6. The number of nitrogens with one attached hydrogen (secondary N) is 2. The lowest BCUT2D eigenvalue weighted by molar-refractivity contribution is -0.132. The van der Waals surface area contributed by atoms with Crippen LogP contribution in [0.15, 0.2) is 48.3 Å². The highest BCUT2D eigenvalue weighted by molar-refractivity contribution is 7.91. The van der Waals surface area contributed by atoms with E-state index in [1.165, 1.54) is 18.2 Å². The summed E-state index contributed by atoms with van der Waals surface area (Å²) in [6, 6.07) is 11.8. The molecule has 2 unspecified atom stereocenters. The molecule has 0 saturated carbocycles. The van der Waals surface area contributed by atoms with Crippen LogP contribution in [-0.2, 0) is 40.7 Å². The van der Waals surface area contributed by atoms with Crippen LogP contribution in [0.5, 0.6) is 5.75 Å². The Morgan fingerprint density at radius 2 is 1.95 bits per heavy atom. The Bertz CT molecular complexity index is 2110. The number of fused-ring (bicyclic) bond motifs is 4. The summed E-state index contributed by atoms with van der Waals surface area (Å²) in [6.07, 6.45) is 4.71. The molecule has 350 valence electrons. The van der Waals surface area contributed by atoms with E-state index in [2.05, 4.69) is 65.1 Å². The van der Waals surface area contributed by atoms with Gasteiger partial charge in [-0.2, -0.15) is 0 Å². The first-order chi connectivity index (χ1) is 29.8. The molecule has 5 aliphatic rings. The zero-order chi connectivity index (χ0) is 45.4. The SMILES string of the molecule is COC(=O)c1ccc2c(c1)N(C[C@@H]1CCO[C@H]1C(CN1CCN3CCOC[C@@H]3C1)(OC)/C(F)=C/C[C@H](C)CS(=N)(=O)N[Si](C)(C)C(C)(C)C)C[C@@]1(CCCc3cc(Cl)ccc31)CO2. The maximum atomic E-state index is 17.8. The molecule has 0 radical (unpaired) electrons. The van der Waals surface area contributed by atoms with Crippen LogP contribution in [0.2, 0.25) is 23.2 Å². The van der Waals surface area contributed by atoms with Gasteiger partial charge in [-0.05, 0) is 90.6 Å². The van der Waals surface area contributed by atoms with Crippen LogP contribution in [0.25, 0.3) is 0 Å². The van der Waals surface area contributed by atoms with E-state index in [1.54, 1.807) is 19.3 Å². The van der Waals surface area contributed by atoms with Gasteiger partial charge in [-0.15, -0.1) is 0 Å². The topological polar surface area (TPSA) is 126 Å². The molecule has 1 aliphatic carbocycles. The molecule has 3 saturated heterocycles. The average molecular weight is 933 g/mol. The number of morpholine rings is 1. The lowest BCUT2D eigenvalue weighted by Crippen LogP contribution is -2.63. The molecule has 12 nitrogen and oxygen atoms in total. The number of halogens is 2. The van der Waals surface area contributed by atoms with E-state index in [1.807, 2.05) is 25.1 Å². The minimum absolute atomic E-state index is 0.0983. The third-order valence-electron chi connectivity index (χ3n) is 14.8. The normalized spacial score (nSPS) is 27.3. The lowest BCUT2D eigenvalue weighted by atomic mass is 9.70. The van der Waals surface area contributed by atoms with E-state index in [-0.39, 0.29) is 47.0 Å². The van der Waals surface area contributed by atoms with E-state index in [9.17, 15) is 9.00 Å². The molecule has 63 heavy (non-hydrogen) atoms. The Morgan fingerprint density at radius 3 is 2.70 bits per heavy atom. The summed E-state index contributed by atoms with van der Waals surface area (Å²) in [7, 11) is -2.39. The predicted molar refractivity (Wildman–Crippen MR) is 251 cm³/mol. The fourth-order valence-electron chi connectivity index (χ4n) is 10.4. The van der Waals surface area contributed by atoms with E-state index in [4.69, 9.17) is 40.1 Å². The molecule has 2 N–H and O–H groups in total. The number of esters is 1. The van der Waals surface area contributed by atoms with Gasteiger partial charge >= 0.3 is 5.97 Å². The molecule has 2 aromatic carbocycles. The quantitative estimate of drug-likeness (QED) is 0.143. The smallest absolute Gasteiger partial charge is 0.337 e. The number of rotatable bonds is 14. The summed E-state index contributed by atoms with van der Waals surface area (Å²) in [5, 5.41) is 0.613. The zero-order valence-electron chi connectivity index (χ0n) is 38.7. The van der Waals surface area contributed by atoms with E-state index in [0.717, 1.165) is 44.6 Å². The van der Waals surface area contributed by atoms with Gasteiger partial charge < -0.3 is 28.6 Å². The van der Waals surface area contributed by atoms with Gasteiger partial charge in [0.1, 0.15) is 19.8 Å². The van der Waals surface area contributed by atoms with Crippen LogP contribution in [0.3, 0.4) is 0 Å². The molecule has 0 amide bonds. The Labute approximate surface area is 381 Å². The van der Waals surface area contributed by atoms with Gasteiger partial charge in [0, 0.05) is 87.7 Å². The van der Waals surface area contributed by atoms with Crippen LogP contribution in [-0.4, -0.2) is 138 Å². The number of anilines is 1. The van der Waals surface area contributed by atoms with Crippen molar-refractivity contribution < 1.29 is 37.1 Å². The summed E-state index contributed by atoms with van der Waals surface area (Å²) in [5.74, 6) is -0.478. The summed E-state index contributed by atoms with van der Waals surface area (Å²) in [5.41, 5.74) is 1.82. The second kappa shape index (κ2) is 19.3. The Kier molecular flexibility index (Phi) is 14.8. The first-order valence-electron chi connectivity index (χ1n) is 22.8. The number of hydrogen-bond donors (Lipinski definition) is 2. The van der Waals surface area contributed by atoms with Crippen LogP contribution in [0.1, 0.15) is 74.9 Å². The van der Waals surface area contributed by atoms with Crippen molar-refractivity contribution in [2.24, 2.45) is 11.8 Å². The molecule has 1 spiro atoms. The summed E-state index contributed by atoms with van der Waals surface area (Å²) in [6.45, 7) is 19.3. The highest BCUT2D eigenvalue weighted by atomic mass is 35.5. The molecule has 7 rings (SSSR count). The van der Waals surface area contributed by atoms with Gasteiger partial charge in [-0.25, -0.2) is 18.2 Å². The van der Waals surface area contributed by atoms with E-state index >= 15 is 4.39 Å². The number of methoxy groups -OCH3 is 2. The molecule has 2 aromatic rings. The molecule has 4 heterocycles. The second-order valence-corrected chi connectivity index (χ2v) is 28.1. The Balaban J connectivity index is 1.22. The molecule has 3 fully saturated rings. The maximum absolute atomic E-state index is 17.8. The zero-order valence-corrected chi connectivity index (χ0v) is 41.3. The molecule has 16 heteroatoms. The van der Waals surface area contributed by atoms with Gasteiger partial charge in [-0.1, -0.05) is 58.5 Å². The van der Waals surface area contributed by atoms with E-state index < -0.39 is 41.7 Å². The second-order valence-electron chi connectivity index (χ2n) is 20.4. The Morgan fingerprint density at radius 1 is 1.16 bits per heavy atom. The van der Waals surface area contributed by atoms with Crippen molar-refractivity contribution in [3.8, 4) is 5.75 Å². The van der Waals surface area contributed by atoms with Crippen molar-refractivity contribution in [1.29, 1.82) is 4.78 Å².